The summed E-state index contributed by atoms with van der Waals surface area (Å²) < 4.78 is 13.6. The summed E-state index contributed by atoms with van der Waals surface area (Å²) in [6.07, 6.45) is 0.000512. The topological polar surface area (TPSA) is 69.7 Å². The number of likely N-dealkylation sites (N-methyl/N-ethyl adjacent to an activating group) is 1. The molecule has 118 valence electrons. The lowest BCUT2D eigenvalue weighted by Gasteiger charge is -2.14. The highest BCUT2D eigenvalue weighted by Gasteiger charge is 2.37. The lowest BCUT2D eigenvalue weighted by Crippen LogP contribution is -2.36. The van der Waals surface area contributed by atoms with E-state index in [9.17, 15) is 18.8 Å². The number of hydrogen-bond acceptors (Lipinski definition) is 4. The molecule has 0 unspecified atom stereocenters. The average molecular weight is 307 g/mol. The summed E-state index contributed by atoms with van der Waals surface area (Å²) in [5, 5.41) is 2.70. The fourth-order valence-corrected chi connectivity index (χ4v) is 2.22. The van der Waals surface area contributed by atoms with E-state index in [-0.39, 0.29) is 30.0 Å². The molecule has 0 bridgehead atoms. The molecule has 0 aromatic heterocycles. The summed E-state index contributed by atoms with van der Waals surface area (Å²) in [6, 6.07) is 3.94. The normalized spacial score (nSPS) is 13.7. The maximum atomic E-state index is 13.6. The van der Waals surface area contributed by atoms with Crippen molar-refractivity contribution in [1.82, 2.24) is 15.1 Å². The second-order valence-electron chi connectivity index (χ2n) is 5.33. The van der Waals surface area contributed by atoms with Crippen molar-refractivity contribution in [3.05, 3.63) is 35.1 Å². The van der Waals surface area contributed by atoms with E-state index in [2.05, 4.69) is 5.32 Å². The number of halogens is 1. The highest BCUT2D eigenvalue weighted by Crippen LogP contribution is 2.25. The maximum absolute atomic E-state index is 13.6. The highest BCUT2D eigenvalue weighted by molar-refractivity contribution is 6.21. The fraction of sp³-hybridized carbons (Fsp3) is 0.400. The number of benzene rings is 1. The first-order valence-electron chi connectivity index (χ1n) is 6.98. The first-order chi connectivity index (χ1) is 10.4. The lowest BCUT2D eigenvalue weighted by molar-refractivity contribution is -0.121. The molecule has 0 fully saturated rings. The number of carbonyl (C=O) groups is 3. The van der Waals surface area contributed by atoms with E-state index in [0.717, 1.165) is 11.0 Å². The second-order valence-corrected chi connectivity index (χ2v) is 5.33. The van der Waals surface area contributed by atoms with Gasteiger partial charge in [-0.1, -0.05) is 6.07 Å². The van der Waals surface area contributed by atoms with Gasteiger partial charge in [0.2, 0.25) is 5.91 Å². The van der Waals surface area contributed by atoms with Crippen LogP contribution in [-0.2, 0) is 4.79 Å². The number of carbonyl (C=O) groups excluding carboxylic acids is 3. The molecule has 6 nitrogen and oxygen atoms in total. The molecule has 0 saturated carbocycles. The van der Waals surface area contributed by atoms with Crippen LogP contribution in [0.3, 0.4) is 0 Å². The SMILES string of the molecule is CN(C)CCNC(=O)CCN1C(=O)c2cccc(F)c2C1=O. The van der Waals surface area contributed by atoms with Gasteiger partial charge in [0.05, 0.1) is 11.1 Å². The Hall–Kier alpha value is -2.28. The largest absolute Gasteiger partial charge is 0.355 e. The fourth-order valence-electron chi connectivity index (χ4n) is 2.22. The molecule has 1 aliphatic heterocycles. The Morgan fingerprint density at radius 1 is 1.27 bits per heavy atom. The number of nitrogens with zero attached hydrogens (tertiary/aromatic N) is 2. The minimum atomic E-state index is -0.714. The van der Waals surface area contributed by atoms with Crippen LogP contribution in [-0.4, -0.2) is 61.3 Å². The van der Waals surface area contributed by atoms with Crippen molar-refractivity contribution in [2.45, 2.75) is 6.42 Å². The van der Waals surface area contributed by atoms with E-state index < -0.39 is 17.6 Å². The lowest BCUT2D eigenvalue weighted by atomic mass is 10.1. The molecule has 22 heavy (non-hydrogen) atoms. The number of nitrogens with one attached hydrogen (secondary N) is 1. The zero-order valence-corrected chi connectivity index (χ0v) is 12.6. The van der Waals surface area contributed by atoms with Crippen LogP contribution in [0.4, 0.5) is 4.39 Å². The van der Waals surface area contributed by atoms with Gasteiger partial charge < -0.3 is 10.2 Å². The van der Waals surface area contributed by atoms with Gasteiger partial charge in [0, 0.05) is 26.1 Å². The predicted octanol–water partition coefficient (Wildman–Crippen LogP) is 0.490. The van der Waals surface area contributed by atoms with Crippen molar-refractivity contribution in [3.63, 3.8) is 0 Å². The molecule has 2 rings (SSSR count). The van der Waals surface area contributed by atoms with Crippen LogP contribution in [0.2, 0.25) is 0 Å². The monoisotopic (exact) mass is 307 g/mol. The Labute approximate surface area is 127 Å². The number of fused-ring (bicyclic) bond motifs is 1. The molecular weight excluding hydrogens is 289 g/mol. The van der Waals surface area contributed by atoms with E-state index in [1.165, 1.54) is 12.1 Å². The molecule has 1 N–H and O–H groups in total. The third-order valence-electron chi connectivity index (χ3n) is 3.39. The van der Waals surface area contributed by atoms with Crippen molar-refractivity contribution < 1.29 is 18.8 Å². The summed E-state index contributed by atoms with van der Waals surface area (Å²) in [5.74, 6) is -2.20. The van der Waals surface area contributed by atoms with Crippen LogP contribution in [0.15, 0.2) is 18.2 Å². The van der Waals surface area contributed by atoms with Crippen LogP contribution < -0.4 is 5.32 Å². The van der Waals surface area contributed by atoms with E-state index in [1.807, 2.05) is 19.0 Å². The van der Waals surface area contributed by atoms with Crippen molar-refractivity contribution in [1.29, 1.82) is 0 Å². The molecule has 1 aromatic rings. The zero-order chi connectivity index (χ0) is 16.3. The Morgan fingerprint density at radius 2 is 2.00 bits per heavy atom. The van der Waals surface area contributed by atoms with Crippen molar-refractivity contribution in [2.75, 3.05) is 33.7 Å². The third-order valence-corrected chi connectivity index (χ3v) is 3.39. The standard InChI is InChI=1S/C15H18FN3O3/c1-18(2)9-7-17-12(20)6-8-19-14(21)10-4-3-5-11(16)13(10)15(19)22/h3-5H,6-9H2,1-2H3,(H,17,20). The van der Waals surface area contributed by atoms with Crippen LogP contribution >= 0.6 is 0 Å². The van der Waals surface area contributed by atoms with E-state index in [1.54, 1.807) is 0 Å². The number of rotatable bonds is 6. The number of imide groups is 1. The summed E-state index contributed by atoms with van der Waals surface area (Å²) >= 11 is 0. The van der Waals surface area contributed by atoms with Crippen LogP contribution in [0, 0.1) is 5.82 Å². The van der Waals surface area contributed by atoms with Crippen LogP contribution in [0.5, 0.6) is 0 Å². The van der Waals surface area contributed by atoms with Gasteiger partial charge in [0.1, 0.15) is 5.82 Å². The zero-order valence-electron chi connectivity index (χ0n) is 12.6. The number of hydrogen-bond donors (Lipinski definition) is 1. The van der Waals surface area contributed by atoms with Gasteiger partial charge in [-0.05, 0) is 26.2 Å². The smallest absolute Gasteiger partial charge is 0.264 e. The minimum Gasteiger partial charge on any atom is -0.355 e. The molecule has 1 aliphatic rings. The molecule has 0 saturated heterocycles. The Morgan fingerprint density at radius 3 is 2.64 bits per heavy atom. The summed E-state index contributed by atoms with van der Waals surface area (Å²) in [6.45, 7) is 1.13. The first-order valence-corrected chi connectivity index (χ1v) is 6.98. The van der Waals surface area contributed by atoms with Gasteiger partial charge in [-0.2, -0.15) is 0 Å². The van der Waals surface area contributed by atoms with Crippen LogP contribution in [0.1, 0.15) is 27.1 Å². The van der Waals surface area contributed by atoms with Gasteiger partial charge in [0.15, 0.2) is 0 Å². The van der Waals surface area contributed by atoms with Gasteiger partial charge in [-0.15, -0.1) is 0 Å². The average Bonchev–Trinajstić information content (AvgIpc) is 2.69. The summed E-state index contributed by atoms with van der Waals surface area (Å²) in [7, 11) is 3.78. The summed E-state index contributed by atoms with van der Waals surface area (Å²) in [5.41, 5.74) is -0.154. The summed E-state index contributed by atoms with van der Waals surface area (Å²) in [4.78, 5) is 38.7. The molecule has 1 aromatic carbocycles. The molecule has 0 radical (unpaired) electrons. The maximum Gasteiger partial charge on any atom is 0.264 e. The molecule has 0 aliphatic carbocycles. The van der Waals surface area contributed by atoms with E-state index in [4.69, 9.17) is 0 Å². The molecule has 0 spiro atoms. The predicted molar refractivity (Wildman–Crippen MR) is 77.9 cm³/mol. The van der Waals surface area contributed by atoms with Gasteiger partial charge in [0.25, 0.3) is 11.8 Å². The van der Waals surface area contributed by atoms with Gasteiger partial charge in [-0.25, -0.2) is 4.39 Å². The quantitative estimate of drug-likeness (QED) is 0.777. The van der Waals surface area contributed by atoms with Crippen molar-refractivity contribution in [2.24, 2.45) is 0 Å². The molecule has 1 heterocycles. The van der Waals surface area contributed by atoms with Crippen molar-refractivity contribution in [3.8, 4) is 0 Å². The molecule has 7 heteroatoms. The minimum absolute atomic E-state index is 0.000512. The molecule has 0 atom stereocenters. The Kier molecular flexibility index (Phi) is 4.87. The Balaban J connectivity index is 1.93. The van der Waals surface area contributed by atoms with Crippen molar-refractivity contribution >= 4 is 17.7 Å². The number of amides is 3. The third kappa shape index (κ3) is 3.30. The Bertz CT molecular complexity index is 616. The second kappa shape index (κ2) is 6.65. The van der Waals surface area contributed by atoms with E-state index in [0.29, 0.717) is 13.1 Å². The highest BCUT2D eigenvalue weighted by atomic mass is 19.1. The van der Waals surface area contributed by atoms with Gasteiger partial charge >= 0.3 is 0 Å². The molecular formula is C15H18FN3O3. The molecule has 3 amide bonds. The van der Waals surface area contributed by atoms with Crippen LogP contribution in [0.25, 0.3) is 0 Å². The van der Waals surface area contributed by atoms with E-state index >= 15 is 0 Å². The first kappa shape index (κ1) is 16.1. The van der Waals surface area contributed by atoms with Gasteiger partial charge in [-0.3, -0.25) is 19.3 Å².